The SMILES string of the molecule is CCN1CN(C(C)c2cc(C(C)(C)C)c(O)c(C(C)(C)C)c2)CN(C)C1=O. The van der Waals surface area contributed by atoms with Crippen molar-refractivity contribution in [1.29, 1.82) is 0 Å². The van der Waals surface area contributed by atoms with Crippen LogP contribution in [0.2, 0.25) is 0 Å². The number of carbonyl (C=O) groups is 1. The lowest BCUT2D eigenvalue weighted by molar-refractivity contribution is 0.0236. The summed E-state index contributed by atoms with van der Waals surface area (Å²) in [4.78, 5) is 18.2. The lowest BCUT2D eigenvalue weighted by Crippen LogP contribution is -2.56. The van der Waals surface area contributed by atoms with Crippen LogP contribution >= 0.6 is 0 Å². The first-order chi connectivity index (χ1) is 12.3. The first kappa shape index (κ1) is 21.5. The number of phenols is 1. The van der Waals surface area contributed by atoms with Crippen molar-refractivity contribution in [3.05, 3.63) is 28.8 Å². The largest absolute Gasteiger partial charge is 0.507 e. The molecule has 0 saturated carbocycles. The average Bonchev–Trinajstić information content (AvgIpc) is 2.54. The Morgan fingerprint density at radius 2 is 1.52 bits per heavy atom. The van der Waals surface area contributed by atoms with Crippen LogP contribution in [0.15, 0.2) is 12.1 Å². The van der Waals surface area contributed by atoms with Gasteiger partial charge in [0.05, 0.1) is 13.3 Å². The van der Waals surface area contributed by atoms with E-state index in [1.165, 1.54) is 5.56 Å². The summed E-state index contributed by atoms with van der Waals surface area (Å²) in [5.74, 6) is 0.409. The van der Waals surface area contributed by atoms with Gasteiger partial charge in [0.25, 0.3) is 0 Å². The molecule has 1 aliphatic rings. The molecule has 2 rings (SSSR count). The maximum absolute atomic E-state index is 12.3. The highest BCUT2D eigenvalue weighted by Crippen LogP contribution is 2.41. The number of carbonyl (C=O) groups excluding carboxylic acids is 1. The molecule has 5 heteroatoms. The van der Waals surface area contributed by atoms with Crippen LogP contribution in [0.5, 0.6) is 5.75 Å². The van der Waals surface area contributed by atoms with Crippen LogP contribution < -0.4 is 0 Å². The second-order valence-electron chi connectivity index (χ2n) is 9.85. The molecule has 5 nitrogen and oxygen atoms in total. The molecule has 27 heavy (non-hydrogen) atoms. The molecule has 0 aromatic heterocycles. The monoisotopic (exact) mass is 375 g/mol. The molecule has 1 unspecified atom stereocenters. The predicted octanol–water partition coefficient (Wildman–Crippen LogP) is 4.65. The summed E-state index contributed by atoms with van der Waals surface area (Å²) in [6.45, 7) is 18.9. The summed E-state index contributed by atoms with van der Waals surface area (Å²) in [6.07, 6.45) is 0. The van der Waals surface area contributed by atoms with Crippen molar-refractivity contribution >= 4 is 6.03 Å². The summed E-state index contributed by atoms with van der Waals surface area (Å²) in [7, 11) is 1.85. The molecule has 1 saturated heterocycles. The topological polar surface area (TPSA) is 47.0 Å². The first-order valence-corrected chi connectivity index (χ1v) is 9.89. The molecule has 1 N–H and O–H groups in total. The van der Waals surface area contributed by atoms with Crippen molar-refractivity contribution in [3.8, 4) is 5.75 Å². The minimum absolute atomic E-state index is 0.0809. The van der Waals surface area contributed by atoms with E-state index in [9.17, 15) is 9.90 Å². The minimum atomic E-state index is -0.149. The van der Waals surface area contributed by atoms with Crippen molar-refractivity contribution < 1.29 is 9.90 Å². The molecule has 1 heterocycles. The van der Waals surface area contributed by atoms with Crippen LogP contribution in [0.25, 0.3) is 0 Å². The van der Waals surface area contributed by atoms with Gasteiger partial charge in [-0.1, -0.05) is 41.5 Å². The molecule has 0 spiro atoms. The third-order valence-corrected chi connectivity index (χ3v) is 5.50. The van der Waals surface area contributed by atoms with Gasteiger partial charge >= 0.3 is 6.03 Å². The van der Waals surface area contributed by atoms with E-state index in [0.717, 1.165) is 11.1 Å². The summed E-state index contributed by atoms with van der Waals surface area (Å²) in [6, 6.07) is 4.50. The van der Waals surface area contributed by atoms with E-state index >= 15 is 0 Å². The number of urea groups is 1. The van der Waals surface area contributed by atoms with Gasteiger partial charge < -0.3 is 14.9 Å². The Morgan fingerprint density at radius 3 is 1.93 bits per heavy atom. The van der Waals surface area contributed by atoms with Crippen LogP contribution in [0, 0.1) is 0 Å². The molecule has 1 fully saturated rings. The highest BCUT2D eigenvalue weighted by molar-refractivity contribution is 5.74. The van der Waals surface area contributed by atoms with Crippen molar-refractivity contribution in [2.45, 2.75) is 72.3 Å². The van der Waals surface area contributed by atoms with Gasteiger partial charge in [-0.15, -0.1) is 0 Å². The Hall–Kier alpha value is -1.75. The van der Waals surface area contributed by atoms with Crippen molar-refractivity contribution in [2.75, 3.05) is 26.9 Å². The average molecular weight is 376 g/mol. The minimum Gasteiger partial charge on any atom is -0.507 e. The lowest BCUT2D eigenvalue weighted by Gasteiger charge is -2.43. The molecule has 152 valence electrons. The fraction of sp³-hybridized carbons (Fsp3) is 0.682. The van der Waals surface area contributed by atoms with Gasteiger partial charge in [0.2, 0.25) is 0 Å². The summed E-state index contributed by atoms with van der Waals surface area (Å²) < 4.78 is 0. The summed E-state index contributed by atoms with van der Waals surface area (Å²) in [5.41, 5.74) is 2.84. The van der Waals surface area contributed by atoms with Gasteiger partial charge in [-0.25, -0.2) is 4.79 Å². The van der Waals surface area contributed by atoms with Crippen molar-refractivity contribution in [2.24, 2.45) is 0 Å². The highest BCUT2D eigenvalue weighted by Gasteiger charge is 2.32. The molecule has 1 aromatic carbocycles. The number of rotatable bonds is 3. The third kappa shape index (κ3) is 4.40. The number of aromatic hydroxyl groups is 1. The lowest BCUT2D eigenvalue weighted by atomic mass is 9.77. The van der Waals surface area contributed by atoms with E-state index in [1.807, 2.05) is 18.9 Å². The van der Waals surface area contributed by atoms with Crippen LogP contribution in [0.4, 0.5) is 4.79 Å². The number of amides is 2. The summed E-state index contributed by atoms with van der Waals surface area (Å²) >= 11 is 0. The van der Waals surface area contributed by atoms with Crippen molar-refractivity contribution in [3.63, 3.8) is 0 Å². The third-order valence-electron chi connectivity index (χ3n) is 5.50. The molecule has 1 atom stereocenters. The number of phenolic OH excluding ortho intramolecular Hbond substituents is 1. The normalized spacial score (nSPS) is 18.2. The van der Waals surface area contributed by atoms with Crippen molar-refractivity contribution in [1.82, 2.24) is 14.7 Å². The zero-order chi connectivity index (χ0) is 20.7. The molecule has 0 bridgehead atoms. The van der Waals surface area contributed by atoms with E-state index in [0.29, 0.717) is 25.6 Å². The van der Waals surface area contributed by atoms with Gasteiger partial charge in [-0.3, -0.25) is 4.90 Å². The molecular weight excluding hydrogens is 338 g/mol. The van der Waals surface area contributed by atoms with E-state index in [2.05, 4.69) is 65.5 Å². The van der Waals surface area contributed by atoms with E-state index in [4.69, 9.17) is 0 Å². The first-order valence-electron chi connectivity index (χ1n) is 9.89. The fourth-order valence-corrected chi connectivity index (χ4v) is 3.63. The molecule has 2 amide bonds. The quantitative estimate of drug-likeness (QED) is 0.836. The number of hydrogen-bond acceptors (Lipinski definition) is 3. The second kappa shape index (κ2) is 7.34. The van der Waals surface area contributed by atoms with Gasteiger partial charge in [0.15, 0.2) is 0 Å². The maximum Gasteiger partial charge on any atom is 0.321 e. The van der Waals surface area contributed by atoms with Crippen LogP contribution in [0.1, 0.15) is 78.1 Å². The molecule has 0 radical (unpaired) electrons. The van der Waals surface area contributed by atoms with Gasteiger partial charge in [0.1, 0.15) is 5.75 Å². The Morgan fingerprint density at radius 1 is 1.04 bits per heavy atom. The Kier molecular flexibility index (Phi) is 5.86. The highest BCUT2D eigenvalue weighted by atomic mass is 16.3. The van der Waals surface area contributed by atoms with Crippen LogP contribution in [0.3, 0.4) is 0 Å². The standard InChI is InChI=1S/C22H37N3O2/c1-10-24-14-25(13-23(9)20(24)27)15(2)16-11-17(21(3,4)5)19(26)18(12-16)22(6,7)8/h11-12,15,26H,10,13-14H2,1-9H3. The summed E-state index contributed by atoms with van der Waals surface area (Å²) in [5, 5.41) is 11.0. The fourth-order valence-electron chi connectivity index (χ4n) is 3.63. The Bertz CT molecular complexity index is 665. The second-order valence-corrected chi connectivity index (χ2v) is 9.85. The number of benzene rings is 1. The van der Waals surface area contributed by atoms with Gasteiger partial charge in [0, 0.05) is 19.6 Å². The zero-order valence-corrected chi connectivity index (χ0v) is 18.6. The zero-order valence-electron chi connectivity index (χ0n) is 18.6. The van der Waals surface area contributed by atoms with Crippen LogP contribution in [-0.2, 0) is 10.8 Å². The molecule has 0 aliphatic carbocycles. The maximum atomic E-state index is 12.3. The van der Waals surface area contributed by atoms with E-state index in [-0.39, 0.29) is 22.9 Å². The van der Waals surface area contributed by atoms with Gasteiger partial charge in [-0.05, 0) is 53.5 Å². The smallest absolute Gasteiger partial charge is 0.321 e. The number of nitrogens with zero attached hydrogens (tertiary/aromatic N) is 3. The molecule has 1 aliphatic heterocycles. The molecular formula is C22H37N3O2. The van der Waals surface area contributed by atoms with E-state index in [1.54, 1.807) is 4.90 Å². The number of hydrogen-bond donors (Lipinski definition) is 1. The Balaban J connectivity index is 2.49. The van der Waals surface area contributed by atoms with E-state index < -0.39 is 0 Å². The van der Waals surface area contributed by atoms with Crippen LogP contribution in [-0.4, -0.2) is 52.8 Å². The Labute approximate surface area is 164 Å². The van der Waals surface area contributed by atoms with Gasteiger partial charge in [-0.2, -0.15) is 0 Å². The predicted molar refractivity (Wildman–Crippen MR) is 111 cm³/mol. The molecule has 1 aromatic rings.